The summed E-state index contributed by atoms with van der Waals surface area (Å²) in [5.41, 5.74) is 0.429. The smallest absolute Gasteiger partial charge is 0.387 e. The van der Waals surface area contributed by atoms with E-state index in [0.29, 0.717) is 5.69 Å². The van der Waals surface area contributed by atoms with Crippen LogP contribution in [-0.4, -0.2) is 19.6 Å². The molecule has 0 radical (unpaired) electrons. The number of nitrogens with one attached hydrogen (secondary N) is 1. The SMILES string of the molecule is COc1ccc(NC(=O)C2CCCC2)cc1OC(F)F. The summed E-state index contributed by atoms with van der Waals surface area (Å²) in [6.45, 7) is -2.94. The summed E-state index contributed by atoms with van der Waals surface area (Å²) in [4.78, 5) is 12.0. The van der Waals surface area contributed by atoms with Crippen molar-refractivity contribution in [3.05, 3.63) is 18.2 Å². The average Bonchev–Trinajstić information content (AvgIpc) is 2.92. The molecule has 1 N–H and O–H groups in total. The topological polar surface area (TPSA) is 47.6 Å². The number of ether oxygens (including phenoxy) is 2. The number of hydrogen-bond donors (Lipinski definition) is 1. The largest absolute Gasteiger partial charge is 0.493 e. The minimum Gasteiger partial charge on any atom is -0.493 e. The van der Waals surface area contributed by atoms with Gasteiger partial charge in [0, 0.05) is 17.7 Å². The van der Waals surface area contributed by atoms with E-state index in [-0.39, 0.29) is 23.3 Å². The van der Waals surface area contributed by atoms with Gasteiger partial charge in [-0.3, -0.25) is 4.79 Å². The minimum atomic E-state index is -2.94. The molecule has 0 atom stereocenters. The maximum absolute atomic E-state index is 12.3. The van der Waals surface area contributed by atoms with Gasteiger partial charge in [-0.05, 0) is 25.0 Å². The summed E-state index contributed by atoms with van der Waals surface area (Å²) >= 11 is 0. The minimum absolute atomic E-state index is 0.0107. The first-order valence-electron chi connectivity index (χ1n) is 6.54. The van der Waals surface area contributed by atoms with Gasteiger partial charge in [-0.15, -0.1) is 0 Å². The number of rotatable bonds is 5. The highest BCUT2D eigenvalue weighted by Gasteiger charge is 2.23. The summed E-state index contributed by atoms with van der Waals surface area (Å²) in [5, 5.41) is 2.73. The zero-order valence-corrected chi connectivity index (χ0v) is 11.2. The van der Waals surface area contributed by atoms with Crippen LogP contribution < -0.4 is 14.8 Å². The highest BCUT2D eigenvalue weighted by molar-refractivity contribution is 5.93. The Kier molecular flexibility index (Phi) is 4.76. The molecule has 4 nitrogen and oxygen atoms in total. The van der Waals surface area contributed by atoms with Crippen molar-refractivity contribution < 1.29 is 23.0 Å². The molecule has 6 heteroatoms. The Labute approximate surface area is 116 Å². The van der Waals surface area contributed by atoms with E-state index in [4.69, 9.17) is 4.74 Å². The Morgan fingerprint density at radius 3 is 2.60 bits per heavy atom. The molecule has 1 aromatic carbocycles. The molecule has 0 aliphatic heterocycles. The Bertz CT molecular complexity index is 473. The van der Waals surface area contributed by atoms with Crippen molar-refractivity contribution in [3.63, 3.8) is 0 Å². The second kappa shape index (κ2) is 6.54. The van der Waals surface area contributed by atoms with Gasteiger partial charge in [-0.1, -0.05) is 12.8 Å². The van der Waals surface area contributed by atoms with Gasteiger partial charge >= 0.3 is 6.61 Å². The van der Waals surface area contributed by atoms with E-state index in [1.165, 1.54) is 19.2 Å². The van der Waals surface area contributed by atoms with Crippen molar-refractivity contribution in [1.82, 2.24) is 0 Å². The molecule has 0 saturated heterocycles. The number of benzene rings is 1. The fourth-order valence-electron chi connectivity index (χ4n) is 2.37. The van der Waals surface area contributed by atoms with Crippen LogP contribution in [0.4, 0.5) is 14.5 Å². The Hall–Kier alpha value is -1.85. The lowest BCUT2D eigenvalue weighted by atomic mass is 10.1. The number of alkyl halides is 2. The summed E-state index contributed by atoms with van der Waals surface area (Å²) < 4.78 is 33.9. The fourth-order valence-corrected chi connectivity index (χ4v) is 2.37. The molecule has 0 spiro atoms. The number of carbonyl (C=O) groups is 1. The van der Waals surface area contributed by atoms with Crippen LogP contribution in [-0.2, 0) is 4.79 Å². The highest BCUT2D eigenvalue weighted by Crippen LogP contribution is 2.32. The predicted octanol–water partition coefficient (Wildman–Crippen LogP) is 3.43. The van der Waals surface area contributed by atoms with E-state index in [1.54, 1.807) is 6.07 Å². The van der Waals surface area contributed by atoms with Crippen LogP contribution in [0.5, 0.6) is 11.5 Å². The molecule has 0 aromatic heterocycles. The molecule has 1 aromatic rings. The van der Waals surface area contributed by atoms with Crippen LogP contribution in [0.15, 0.2) is 18.2 Å². The van der Waals surface area contributed by atoms with Crippen LogP contribution in [0.25, 0.3) is 0 Å². The van der Waals surface area contributed by atoms with Crippen LogP contribution >= 0.6 is 0 Å². The van der Waals surface area contributed by atoms with Crippen molar-refractivity contribution in [2.75, 3.05) is 12.4 Å². The quantitative estimate of drug-likeness (QED) is 0.901. The first-order chi connectivity index (χ1) is 9.60. The summed E-state index contributed by atoms with van der Waals surface area (Å²) in [5.74, 6) is 0.0446. The Morgan fingerprint density at radius 1 is 1.30 bits per heavy atom. The molecule has 1 aliphatic carbocycles. The van der Waals surface area contributed by atoms with E-state index >= 15 is 0 Å². The zero-order valence-electron chi connectivity index (χ0n) is 11.2. The molecular formula is C14H17F2NO3. The standard InChI is InChI=1S/C14H17F2NO3/c1-19-11-7-6-10(8-12(11)20-14(15)16)17-13(18)9-4-2-3-5-9/h6-9,14H,2-5H2,1H3,(H,17,18). The van der Waals surface area contributed by atoms with Crippen molar-refractivity contribution in [2.24, 2.45) is 5.92 Å². The van der Waals surface area contributed by atoms with E-state index < -0.39 is 6.61 Å². The molecular weight excluding hydrogens is 268 g/mol. The third-order valence-corrected chi connectivity index (χ3v) is 3.37. The third kappa shape index (κ3) is 3.59. The normalized spacial score (nSPS) is 15.4. The fraction of sp³-hybridized carbons (Fsp3) is 0.500. The van der Waals surface area contributed by atoms with Gasteiger partial charge in [-0.2, -0.15) is 8.78 Å². The van der Waals surface area contributed by atoms with E-state index in [2.05, 4.69) is 10.1 Å². The first-order valence-corrected chi connectivity index (χ1v) is 6.54. The van der Waals surface area contributed by atoms with Crippen molar-refractivity contribution in [1.29, 1.82) is 0 Å². The number of anilines is 1. The lowest BCUT2D eigenvalue weighted by Gasteiger charge is -2.14. The van der Waals surface area contributed by atoms with Crippen LogP contribution in [0.3, 0.4) is 0 Å². The second-order valence-corrected chi connectivity index (χ2v) is 4.71. The van der Waals surface area contributed by atoms with E-state index in [9.17, 15) is 13.6 Å². The van der Waals surface area contributed by atoms with Crippen LogP contribution in [0.1, 0.15) is 25.7 Å². The van der Waals surface area contributed by atoms with Crippen LogP contribution in [0, 0.1) is 5.92 Å². The number of methoxy groups -OCH3 is 1. The van der Waals surface area contributed by atoms with Crippen molar-refractivity contribution in [2.45, 2.75) is 32.3 Å². The van der Waals surface area contributed by atoms with Gasteiger partial charge in [-0.25, -0.2) is 0 Å². The summed E-state index contributed by atoms with van der Waals surface area (Å²) in [6, 6.07) is 4.43. The lowest BCUT2D eigenvalue weighted by Crippen LogP contribution is -2.20. The first kappa shape index (κ1) is 14.6. The highest BCUT2D eigenvalue weighted by atomic mass is 19.3. The zero-order chi connectivity index (χ0) is 14.5. The lowest BCUT2D eigenvalue weighted by molar-refractivity contribution is -0.119. The number of hydrogen-bond acceptors (Lipinski definition) is 3. The molecule has 0 unspecified atom stereocenters. The second-order valence-electron chi connectivity index (χ2n) is 4.71. The summed E-state index contributed by atoms with van der Waals surface area (Å²) in [7, 11) is 1.37. The van der Waals surface area contributed by atoms with Gasteiger partial charge in [0.15, 0.2) is 11.5 Å². The van der Waals surface area contributed by atoms with Crippen molar-refractivity contribution in [3.8, 4) is 11.5 Å². The van der Waals surface area contributed by atoms with E-state index in [0.717, 1.165) is 25.7 Å². The maximum atomic E-state index is 12.3. The molecule has 1 amide bonds. The molecule has 20 heavy (non-hydrogen) atoms. The number of amides is 1. The predicted molar refractivity (Wildman–Crippen MR) is 70.2 cm³/mol. The van der Waals surface area contributed by atoms with Gasteiger partial charge < -0.3 is 14.8 Å². The summed E-state index contributed by atoms with van der Waals surface area (Å²) in [6.07, 6.45) is 3.87. The Balaban J connectivity index is 2.09. The van der Waals surface area contributed by atoms with Gasteiger partial charge in [0.25, 0.3) is 0 Å². The third-order valence-electron chi connectivity index (χ3n) is 3.37. The molecule has 1 saturated carbocycles. The molecule has 0 bridgehead atoms. The number of halogens is 2. The maximum Gasteiger partial charge on any atom is 0.387 e. The van der Waals surface area contributed by atoms with Gasteiger partial charge in [0.1, 0.15) is 0 Å². The molecule has 110 valence electrons. The van der Waals surface area contributed by atoms with Gasteiger partial charge in [0.2, 0.25) is 5.91 Å². The average molecular weight is 285 g/mol. The molecule has 1 aliphatic rings. The molecule has 0 heterocycles. The Morgan fingerprint density at radius 2 is 2.00 bits per heavy atom. The molecule has 1 fully saturated rings. The van der Waals surface area contributed by atoms with Gasteiger partial charge in [0.05, 0.1) is 7.11 Å². The van der Waals surface area contributed by atoms with Crippen molar-refractivity contribution >= 4 is 11.6 Å². The monoisotopic (exact) mass is 285 g/mol. The number of carbonyl (C=O) groups excluding carboxylic acids is 1. The van der Waals surface area contributed by atoms with Crippen LogP contribution in [0.2, 0.25) is 0 Å². The molecule has 2 rings (SSSR count). The van der Waals surface area contributed by atoms with E-state index in [1.807, 2.05) is 0 Å².